The quantitative estimate of drug-likeness (QED) is 0.511. The molecule has 1 unspecified atom stereocenters. The van der Waals surface area contributed by atoms with E-state index in [-0.39, 0.29) is 5.41 Å². The Labute approximate surface area is 141 Å². The highest BCUT2D eigenvalue weighted by atomic mass is 32.2. The second-order valence-electron chi connectivity index (χ2n) is 6.38. The molecule has 1 rings (SSSR count). The van der Waals surface area contributed by atoms with Gasteiger partial charge in [-0.05, 0) is 53.9 Å². The van der Waals surface area contributed by atoms with Crippen molar-refractivity contribution >= 4 is 11.8 Å². The summed E-state index contributed by atoms with van der Waals surface area (Å²) in [7, 11) is 0. The summed E-state index contributed by atoms with van der Waals surface area (Å²) in [4.78, 5) is 0. The van der Waals surface area contributed by atoms with Gasteiger partial charge in [0, 0.05) is 0 Å². The smallest absolute Gasteiger partial charge is 0.00462 e. The van der Waals surface area contributed by atoms with Crippen molar-refractivity contribution in [3.8, 4) is 0 Å². The Morgan fingerprint density at radius 1 is 1.36 bits per heavy atom. The number of rotatable bonds is 4. The van der Waals surface area contributed by atoms with Crippen molar-refractivity contribution in [2.45, 2.75) is 40.5 Å². The number of thioether (sulfide) groups is 1. The first-order chi connectivity index (χ1) is 10.4. The monoisotopic (exact) mass is 314 g/mol. The molecule has 1 heteroatoms. The highest BCUT2D eigenvalue weighted by Crippen LogP contribution is 2.41. The first-order valence-corrected chi connectivity index (χ1v) is 9.28. The molecule has 0 fully saturated rings. The van der Waals surface area contributed by atoms with Crippen molar-refractivity contribution in [1.82, 2.24) is 0 Å². The van der Waals surface area contributed by atoms with Gasteiger partial charge >= 0.3 is 0 Å². The lowest BCUT2D eigenvalue weighted by atomic mass is 9.70. The van der Waals surface area contributed by atoms with Gasteiger partial charge in [0.05, 0.1) is 0 Å². The fourth-order valence-electron chi connectivity index (χ4n) is 2.54. The molecular formula is C21H30S. The van der Waals surface area contributed by atoms with Gasteiger partial charge < -0.3 is 0 Å². The number of hydrogen-bond donors (Lipinski definition) is 0. The molecule has 0 nitrogen and oxygen atoms in total. The first kappa shape index (κ1) is 18.8. The van der Waals surface area contributed by atoms with Crippen molar-refractivity contribution in [2.24, 2.45) is 11.3 Å². The third kappa shape index (κ3) is 5.21. The van der Waals surface area contributed by atoms with Gasteiger partial charge in [0.2, 0.25) is 0 Å². The van der Waals surface area contributed by atoms with Crippen LogP contribution in [0, 0.1) is 11.3 Å². The van der Waals surface area contributed by atoms with Crippen LogP contribution in [0.2, 0.25) is 0 Å². The van der Waals surface area contributed by atoms with Crippen molar-refractivity contribution in [3.05, 3.63) is 71.2 Å². The average Bonchev–Trinajstić information content (AvgIpc) is 2.51. The molecule has 1 atom stereocenters. The molecule has 0 radical (unpaired) electrons. The third-order valence-electron chi connectivity index (χ3n) is 4.57. The largest absolute Gasteiger partial charge is 0.138 e. The van der Waals surface area contributed by atoms with Crippen molar-refractivity contribution < 1.29 is 0 Å². The average molecular weight is 315 g/mol. The maximum atomic E-state index is 4.37. The van der Waals surface area contributed by atoms with Crippen molar-refractivity contribution in [1.29, 1.82) is 0 Å². The van der Waals surface area contributed by atoms with Crippen molar-refractivity contribution in [3.63, 3.8) is 0 Å². The highest BCUT2D eigenvalue weighted by Gasteiger charge is 2.30. The molecule has 1 aliphatic rings. The van der Waals surface area contributed by atoms with Gasteiger partial charge in [-0.2, -0.15) is 0 Å². The zero-order valence-corrected chi connectivity index (χ0v) is 15.5. The van der Waals surface area contributed by atoms with Gasteiger partial charge in [-0.15, -0.1) is 11.8 Å². The maximum absolute atomic E-state index is 4.37. The molecule has 0 spiro atoms. The van der Waals surface area contributed by atoms with E-state index in [1.54, 1.807) is 11.8 Å². The molecule has 0 saturated carbocycles. The van der Waals surface area contributed by atoms with Crippen LogP contribution in [0.3, 0.4) is 0 Å². The minimum atomic E-state index is 0.0753. The van der Waals surface area contributed by atoms with Gasteiger partial charge in [0.15, 0.2) is 0 Å². The van der Waals surface area contributed by atoms with Crippen LogP contribution >= 0.6 is 11.8 Å². The first-order valence-electron chi connectivity index (χ1n) is 7.99. The lowest BCUT2D eigenvalue weighted by Crippen LogP contribution is -2.24. The maximum Gasteiger partial charge on any atom is -0.00462 e. The normalized spacial score (nSPS) is 28.4. The summed E-state index contributed by atoms with van der Waals surface area (Å²) in [5.41, 5.74) is 4.12. The molecule has 0 aromatic rings. The van der Waals surface area contributed by atoms with Crippen LogP contribution in [0.25, 0.3) is 0 Å². The molecule has 0 heterocycles. The summed E-state index contributed by atoms with van der Waals surface area (Å²) in [6.07, 6.45) is 19.4. The van der Waals surface area contributed by atoms with Crippen LogP contribution in [0.15, 0.2) is 71.2 Å². The number of hydrogen-bond acceptors (Lipinski definition) is 1. The molecule has 22 heavy (non-hydrogen) atoms. The Bertz CT molecular complexity index is 524. The summed E-state index contributed by atoms with van der Waals surface area (Å²) in [5.74, 6) is 0.492. The predicted octanol–water partition coefficient (Wildman–Crippen LogP) is 6.86. The van der Waals surface area contributed by atoms with Crippen LogP contribution < -0.4 is 0 Å². The summed E-state index contributed by atoms with van der Waals surface area (Å²) in [6, 6.07) is 0. The van der Waals surface area contributed by atoms with Gasteiger partial charge in [-0.3, -0.25) is 0 Å². The summed E-state index contributed by atoms with van der Waals surface area (Å²) >= 11 is 1.80. The fourth-order valence-corrected chi connectivity index (χ4v) is 3.15. The minimum absolute atomic E-state index is 0.0753. The number of allylic oxidation sites excluding steroid dienone is 10. The van der Waals surface area contributed by atoms with Crippen LogP contribution in [0.5, 0.6) is 0 Å². The molecule has 0 amide bonds. The molecule has 0 aromatic heterocycles. The molecule has 0 aliphatic heterocycles. The molecular weight excluding hydrogens is 284 g/mol. The van der Waals surface area contributed by atoms with E-state index in [0.717, 1.165) is 12.8 Å². The van der Waals surface area contributed by atoms with E-state index < -0.39 is 0 Å². The third-order valence-corrected chi connectivity index (χ3v) is 5.11. The highest BCUT2D eigenvalue weighted by molar-refractivity contribution is 8.01. The molecule has 0 saturated heterocycles. The SMILES string of the molecule is C=C1/C=C(C/C=C\C=C/C)\C=C/C/C(=C/SC)C(C)C1(C)C. The fraction of sp³-hybridized carbons (Fsp3) is 0.429. The zero-order chi connectivity index (χ0) is 16.6. The van der Waals surface area contributed by atoms with Gasteiger partial charge in [0.1, 0.15) is 0 Å². The summed E-state index contributed by atoms with van der Waals surface area (Å²) in [6.45, 7) is 13.3. The molecule has 0 aromatic carbocycles. The van der Waals surface area contributed by atoms with E-state index in [0.29, 0.717) is 5.92 Å². The van der Waals surface area contributed by atoms with E-state index in [1.165, 1.54) is 16.7 Å². The lowest BCUT2D eigenvalue weighted by molar-refractivity contribution is 0.333. The summed E-state index contributed by atoms with van der Waals surface area (Å²) in [5, 5.41) is 2.31. The molecule has 1 aliphatic carbocycles. The molecule has 0 bridgehead atoms. The Morgan fingerprint density at radius 2 is 2.09 bits per heavy atom. The van der Waals surface area contributed by atoms with Crippen molar-refractivity contribution in [2.75, 3.05) is 6.26 Å². The Morgan fingerprint density at radius 3 is 2.73 bits per heavy atom. The Hall–Kier alpha value is -1.21. The van der Waals surface area contributed by atoms with E-state index in [4.69, 9.17) is 0 Å². The van der Waals surface area contributed by atoms with E-state index in [9.17, 15) is 0 Å². The van der Waals surface area contributed by atoms with Gasteiger partial charge in [-0.25, -0.2) is 0 Å². The Balaban J connectivity index is 3.09. The summed E-state index contributed by atoms with van der Waals surface area (Å²) < 4.78 is 0. The van der Waals surface area contributed by atoms with Crippen LogP contribution in [-0.2, 0) is 0 Å². The lowest BCUT2D eigenvalue weighted by Gasteiger charge is -2.34. The second kappa shape index (κ2) is 9.05. The van der Waals surface area contributed by atoms with E-state index >= 15 is 0 Å². The zero-order valence-electron chi connectivity index (χ0n) is 14.7. The minimum Gasteiger partial charge on any atom is -0.138 e. The van der Waals surface area contributed by atoms with Gasteiger partial charge in [0.25, 0.3) is 0 Å². The topological polar surface area (TPSA) is 0 Å². The standard InChI is InChI=1S/C21H30S/c1-7-8-9-10-12-19-13-11-14-20(16-22-6)18(3)21(4,5)17(2)15-19/h7-11,13,15-16,18H,2,12,14H2,1,3-6H3/b8-7-,10-9-,13-11-,19-15-,20-16-. The van der Waals surface area contributed by atoms with E-state index in [2.05, 4.69) is 75.5 Å². The molecule has 0 N–H and O–H groups in total. The second-order valence-corrected chi connectivity index (χ2v) is 7.09. The van der Waals surface area contributed by atoms with Crippen LogP contribution in [0.4, 0.5) is 0 Å². The van der Waals surface area contributed by atoms with Crippen LogP contribution in [-0.4, -0.2) is 6.26 Å². The van der Waals surface area contributed by atoms with E-state index in [1.807, 2.05) is 13.0 Å². The molecule has 120 valence electrons. The van der Waals surface area contributed by atoms with Crippen LogP contribution in [0.1, 0.15) is 40.5 Å². The Kier molecular flexibility index (Phi) is 7.75. The van der Waals surface area contributed by atoms with Gasteiger partial charge in [-0.1, -0.05) is 75.5 Å². The predicted molar refractivity (Wildman–Crippen MR) is 104 cm³/mol.